The third-order valence-electron chi connectivity index (χ3n) is 3.26. The molecule has 22 heavy (non-hydrogen) atoms. The molecular weight excluding hydrogens is 278 g/mol. The molecule has 0 aliphatic rings. The summed E-state index contributed by atoms with van der Waals surface area (Å²) >= 11 is 0. The minimum atomic E-state index is 0.316. The van der Waals surface area contributed by atoms with Crippen molar-refractivity contribution in [2.45, 2.75) is 6.92 Å². The third kappa shape index (κ3) is 2.40. The van der Waals surface area contributed by atoms with Crippen LogP contribution < -0.4 is 4.74 Å². The van der Waals surface area contributed by atoms with E-state index in [4.69, 9.17) is 10.00 Å². The number of benzene rings is 1. The van der Waals surface area contributed by atoms with Gasteiger partial charge in [-0.3, -0.25) is 0 Å². The maximum Gasteiger partial charge on any atom is 0.251 e. The Morgan fingerprint density at radius 3 is 2.59 bits per heavy atom. The fourth-order valence-electron chi connectivity index (χ4n) is 2.23. The van der Waals surface area contributed by atoms with Gasteiger partial charge in [0.1, 0.15) is 11.8 Å². The van der Waals surface area contributed by atoms with Gasteiger partial charge in [-0.2, -0.15) is 15.0 Å². The van der Waals surface area contributed by atoms with Crippen LogP contribution in [0.1, 0.15) is 11.3 Å². The van der Waals surface area contributed by atoms with Gasteiger partial charge in [0.05, 0.1) is 12.8 Å². The van der Waals surface area contributed by atoms with Gasteiger partial charge >= 0.3 is 0 Å². The van der Waals surface area contributed by atoms with Gasteiger partial charge in [-0.1, -0.05) is 0 Å². The zero-order valence-corrected chi connectivity index (χ0v) is 12.2. The number of nitriles is 1. The van der Waals surface area contributed by atoms with Gasteiger partial charge in [-0.25, -0.2) is 9.97 Å². The van der Waals surface area contributed by atoms with Gasteiger partial charge in [0.2, 0.25) is 0 Å². The number of nitrogens with zero attached hydrogens (tertiary/aromatic N) is 5. The SMILES string of the molecule is COc1ccc(-c2cc(C#N)nn2-c2ncccn2)cc1C. The van der Waals surface area contributed by atoms with E-state index in [0.717, 1.165) is 22.6 Å². The molecule has 2 heterocycles. The smallest absolute Gasteiger partial charge is 0.251 e. The Hall–Kier alpha value is -3.20. The lowest BCUT2D eigenvalue weighted by Crippen LogP contribution is -2.04. The minimum Gasteiger partial charge on any atom is -0.496 e. The van der Waals surface area contributed by atoms with E-state index in [2.05, 4.69) is 21.1 Å². The predicted octanol–water partition coefficient (Wildman–Crippen LogP) is 2.52. The molecule has 3 rings (SSSR count). The van der Waals surface area contributed by atoms with Gasteiger partial charge in [0.25, 0.3) is 5.95 Å². The predicted molar refractivity (Wildman–Crippen MR) is 80.6 cm³/mol. The zero-order chi connectivity index (χ0) is 15.5. The summed E-state index contributed by atoms with van der Waals surface area (Å²) < 4.78 is 6.85. The summed E-state index contributed by atoms with van der Waals surface area (Å²) in [5.41, 5.74) is 2.99. The standard InChI is InChI=1S/C16H13N5O/c1-11-8-12(4-5-15(11)22-2)14-9-13(10-17)20-21(14)16-18-6-3-7-19-16/h3-9H,1-2H3. The van der Waals surface area contributed by atoms with Crippen LogP contribution in [0.15, 0.2) is 42.7 Å². The van der Waals surface area contributed by atoms with Crippen LogP contribution in [0, 0.1) is 18.3 Å². The second-order valence-corrected chi connectivity index (χ2v) is 4.67. The molecule has 108 valence electrons. The Morgan fingerprint density at radius 2 is 1.95 bits per heavy atom. The number of ether oxygens (including phenoxy) is 1. The Morgan fingerprint density at radius 1 is 1.18 bits per heavy atom. The van der Waals surface area contributed by atoms with Gasteiger partial charge in [0, 0.05) is 24.0 Å². The van der Waals surface area contributed by atoms with Crippen molar-refractivity contribution in [2.75, 3.05) is 7.11 Å². The van der Waals surface area contributed by atoms with Crippen LogP contribution in [-0.4, -0.2) is 26.9 Å². The molecule has 0 saturated carbocycles. The second kappa shape index (κ2) is 5.66. The van der Waals surface area contributed by atoms with Crippen LogP contribution in [0.2, 0.25) is 0 Å². The second-order valence-electron chi connectivity index (χ2n) is 4.67. The molecule has 1 aromatic carbocycles. The van der Waals surface area contributed by atoms with Crippen molar-refractivity contribution in [3.63, 3.8) is 0 Å². The Kier molecular flexibility index (Phi) is 3.54. The molecule has 0 aliphatic heterocycles. The summed E-state index contributed by atoms with van der Waals surface area (Å²) in [5.74, 6) is 1.23. The van der Waals surface area contributed by atoms with Gasteiger partial charge in [0.15, 0.2) is 5.69 Å². The van der Waals surface area contributed by atoms with E-state index in [1.807, 2.05) is 25.1 Å². The highest BCUT2D eigenvalue weighted by atomic mass is 16.5. The van der Waals surface area contributed by atoms with Crippen LogP contribution in [0.25, 0.3) is 17.2 Å². The van der Waals surface area contributed by atoms with Crippen molar-refractivity contribution >= 4 is 0 Å². The molecule has 6 heteroatoms. The van der Waals surface area contributed by atoms with Crippen LogP contribution in [0.5, 0.6) is 5.75 Å². The quantitative estimate of drug-likeness (QED) is 0.741. The average Bonchev–Trinajstić information content (AvgIpc) is 3.00. The first-order valence-electron chi connectivity index (χ1n) is 6.65. The highest BCUT2D eigenvalue weighted by molar-refractivity contribution is 5.65. The van der Waals surface area contributed by atoms with E-state index < -0.39 is 0 Å². The fourth-order valence-corrected chi connectivity index (χ4v) is 2.23. The topological polar surface area (TPSA) is 76.6 Å². The Bertz CT molecular complexity index is 849. The van der Waals surface area contributed by atoms with Gasteiger partial charge in [-0.15, -0.1) is 0 Å². The molecule has 0 atom stereocenters. The first-order chi connectivity index (χ1) is 10.7. The van der Waals surface area contributed by atoms with Crippen molar-refractivity contribution in [3.8, 4) is 29.0 Å². The summed E-state index contributed by atoms with van der Waals surface area (Å²) in [4.78, 5) is 8.39. The lowest BCUT2D eigenvalue weighted by atomic mass is 10.1. The largest absolute Gasteiger partial charge is 0.496 e. The molecule has 0 fully saturated rings. The van der Waals surface area contributed by atoms with Crippen molar-refractivity contribution in [2.24, 2.45) is 0 Å². The lowest BCUT2D eigenvalue weighted by molar-refractivity contribution is 0.412. The van der Waals surface area contributed by atoms with E-state index in [1.54, 1.807) is 36.3 Å². The van der Waals surface area contributed by atoms with Crippen molar-refractivity contribution in [1.82, 2.24) is 19.7 Å². The molecule has 2 aromatic heterocycles. The normalized spacial score (nSPS) is 10.2. The molecule has 0 N–H and O–H groups in total. The van der Waals surface area contributed by atoms with Crippen LogP contribution >= 0.6 is 0 Å². The van der Waals surface area contributed by atoms with Gasteiger partial charge < -0.3 is 4.74 Å². The van der Waals surface area contributed by atoms with E-state index in [-0.39, 0.29) is 0 Å². The lowest BCUT2D eigenvalue weighted by Gasteiger charge is -2.08. The molecule has 0 amide bonds. The molecular formula is C16H13N5O. The Balaban J connectivity index is 2.17. The molecule has 0 saturated heterocycles. The number of hydrogen-bond donors (Lipinski definition) is 0. The molecule has 0 unspecified atom stereocenters. The monoisotopic (exact) mass is 291 g/mol. The molecule has 0 aliphatic carbocycles. The van der Waals surface area contributed by atoms with Crippen LogP contribution in [0.4, 0.5) is 0 Å². The maximum absolute atomic E-state index is 9.12. The zero-order valence-electron chi connectivity index (χ0n) is 12.2. The van der Waals surface area contributed by atoms with Crippen molar-refractivity contribution in [3.05, 3.63) is 54.0 Å². The van der Waals surface area contributed by atoms with Crippen LogP contribution in [-0.2, 0) is 0 Å². The first-order valence-corrected chi connectivity index (χ1v) is 6.65. The summed E-state index contributed by atoms with van der Waals surface area (Å²) in [6.45, 7) is 1.97. The van der Waals surface area contributed by atoms with Crippen LogP contribution in [0.3, 0.4) is 0 Å². The van der Waals surface area contributed by atoms with Gasteiger partial charge in [-0.05, 0) is 36.8 Å². The molecule has 0 radical (unpaired) electrons. The molecule has 0 bridgehead atoms. The fraction of sp³-hybridized carbons (Fsp3) is 0.125. The van der Waals surface area contributed by atoms with E-state index in [1.165, 1.54) is 0 Å². The number of aromatic nitrogens is 4. The number of rotatable bonds is 3. The molecule has 6 nitrogen and oxygen atoms in total. The third-order valence-corrected chi connectivity index (χ3v) is 3.26. The molecule has 0 spiro atoms. The van der Waals surface area contributed by atoms with E-state index in [0.29, 0.717) is 11.6 Å². The maximum atomic E-state index is 9.12. The number of methoxy groups -OCH3 is 1. The highest BCUT2D eigenvalue weighted by Gasteiger charge is 2.14. The van der Waals surface area contributed by atoms with E-state index in [9.17, 15) is 0 Å². The summed E-state index contributed by atoms with van der Waals surface area (Å²) in [6.07, 6.45) is 3.28. The molecule has 3 aromatic rings. The minimum absolute atomic E-state index is 0.316. The number of aryl methyl sites for hydroxylation is 1. The first kappa shape index (κ1) is 13.8. The van der Waals surface area contributed by atoms with Crippen molar-refractivity contribution in [1.29, 1.82) is 5.26 Å². The van der Waals surface area contributed by atoms with Crippen molar-refractivity contribution < 1.29 is 4.74 Å². The average molecular weight is 291 g/mol. The summed E-state index contributed by atoms with van der Waals surface area (Å²) in [6, 6.07) is 11.3. The summed E-state index contributed by atoms with van der Waals surface area (Å²) in [5, 5.41) is 13.4. The highest BCUT2D eigenvalue weighted by Crippen LogP contribution is 2.27. The number of hydrogen-bond acceptors (Lipinski definition) is 5. The Labute approximate surface area is 127 Å². The van der Waals surface area contributed by atoms with E-state index >= 15 is 0 Å². The summed E-state index contributed by atoms with van der Waals surface area (Å²) in [7, 11) is 1.64.